The average Bonchev–Trinajstić information content (AvgIpc) is 3.01. The molecule has 1 aromatic heterocycles. The molecule has 0 aliphatic carbocycles. The fraction of sp³-hybridized carbons (Fsp3) is 0.375. The number of anilines is 1. The number of piperidine rings is 1. The zero-order chi connectivity index (χ0) is 14.7. The van der Waals surface area contributed by atoms with E-state index in [1.54, 1.807) is 6.07 Å². The lowest BCUT2D eigenvalue weighted by Gasteiger charge is -2.28. The van der Waals surface area contributed by atoms with Gasteiger partial charge in [0.25, 0.3) is 5.69 Å². The van der Waals surface area contributed by atoms with Crippen LogP contribution in [0.4, 0.5) is 11.4 Å². The Hall–Kier alpha value is -2.30. The van der Waals surface area contributed by atoms with Crippen LogP contribution in [-0.2, 0) is 6.54 Å². The Labute approximate surface area is 124 Å². The zero-order valence-corrected chi connectivity index (χ0v) is 11.9. The zero-order valence-electron chi connectivity index (χ0n) is 11.9. The summed E-state index contributed by atoms with van der Waals surface area (Å²) in [6.45, 7) is 2.49. The van der Waals surface area contributed by atoms with Gasteiger partial charge in [0, 0.05) is 38.1 Å². The van der Waals surface area contributed by atoms with E-state index in [4.69, 9.17) is 0 Å². The van der Waals surface area contributed by atoms with Gasteiger partial charge in [-0.15, -0.1) is 0 Å². The van der Waals surface area contributed by atoms with Gasteiger partial charge < -0.3 is 9.47 Å². The van der Waals surface area contributed by atoms with Crippen molar-refractivity contribution in [2.75, 3.05) is 18.0 Å². The lowest BCUT2D eigenvalue weighted by atomic mass is 10.1. The molecule has 2 aromatic rings. The Bertz CT molecular complexity index is 616. The van der Waals surface area contributed by atoms with Gasteiger partial charge in [0.15, 0.2) is 0 Å². The van der Waals surface area contributed by atoms with Crippen molar-refractivity contribution >= 4 is 11.4 Å². The van der Waals surface area contributed by atoms with Crippen LogP contribution in [0, 0.1) is 10.1 Å². The smallest absolute Gasteiger partial charge is 0.292 e. The van der Waals surface area contributed by atoms with Gasteiger partial charge in [-0.3, -0.25) is 10.1 Å². The standard InChI is InChI=1S/C16H19N3O2/c20-19(21)16-12-14(13-17-8-4-5-9-17)6-7-15(16)18-10-2-1-3-11-18/h4-9,12H,1-3,10-11,13H2. The van der Waals surface area contributed by atoms with E-state index in [1.807, 2.05) is 41.2 Å². The van der Waals surface area contributed by atoms with Crippen LogP contribution in [0.25, 0.3) is 0 Å². The Morgan fingerprint density at radius 2 is 1.81 bits per heavy atom. The van der Waals surface area contributed by atoms with Gasteiger partial charge in [-0.2, -0.15) is 0 Å². The van der Waals surface area contributed by atoms with E-state index in [1.165, 1.54) is 6.42 Å². The van der Waals surface area contributed by atoms with Crippen molar-refractivity contribution < 1.29 is 4.92 Å². The number of benzene rings is 1. The van der Waals surface area contributed by atoms with Crippen LogP contribution >= 0.6 is 0 Å². The number of nitro benzene ring substituents is 1. The molecule has 1 aliphatic heterocycles. The third-order valence-electron chi connectivity index (χ3n) is 3.96. The van der Waals surface area contributed by atoms with Gasteiger partial charge in [0.1, 0.15) is 5.69 Å². The summed E-state index contributed by atoms with van der Waals surface area (Å²) in [5, 5.41) is 11.4. The summed E-state index contributed by atoms with van der Waals surface area (Å²) in [6, 6.07) is 9.52. The Morgan fingerprint density at radius 1 is 1.10 bits per heavy atom. The number of rotatable bonds is 4. The summed E-state index contributed by atoms with van der Waals surface area (Å²) in [6.07, 6.45) is 7.37. The molecule has 110 valence electrons. The summed E-state index contributed by atoms with van der Waals surface area (Å²) in [5.74, 6) is 0. The molecule has 1 aliphatic rings. The number of aromatic nitrogens is 1. The topological polar surface area (TPSA) is 51.3 Å². The second-order valence-corrected chi connectivity index (χ2v) is 5.48. The molecule has 0 radical (unpaired) electrons. The van der Waals surface area contributed by atoms with Crippen LogP contribution < -0.4 is 4.90 Å². The first-order valence-electron chi connectivity index (χ1n) is 7.37. The molecule has 0 N–H and O–H groups in total. The van der Waals surface area contributed by atoms with Crippen molar-refractivity contribution in [2.24, 2.45) is 0 Å². The molecule has 5 nitrogen and oxygen atoms in total. The van der Waals surface area contributed by atoms with Crippen molar-refractivity contribution in [1.29, 1.82) is 0 Å². The number of nitro groups is 1. The molecule has 0 spiro atoms. The third kappa shape index (κ3) is 3.07. The van der Waals surface area contributed by atoms with Gasteiger partial charge >= 0.3 is 0 Å². The fourth-order valence-corrected chi connectivity index (χ4v) is 2.90. The van der Waals surface area contributed by atoms with E-state index in [0.717, 1.165) is 37.2 Å². The van der Waals surface area contributed by atoms with Crippen LogP contribution in [0.2, 0.25) is 0 Å². The molecule has 2 heterocycles. The first-order valence-corrected chi connectivity index (χ1v) is 7.37. The molecule has 0 saturated carbocycles. The molecule has 0 amide bonds. The summed E-state index contributed by atoms with van der Waals surface area (Å²) in [4.78, 5) is 13.3. The monoisotopic (exact) mass is 285 g/mol. The van der Waals surface area contributed by atoms with Crippen LogP contribution in [0.15, 0.2) is 42.7 Å². The van der Waals surface area contributed by atoms with Gasteiger partial charge in [-0.25, -0.2) is 0 Å². The maximum Gasteiger partial charge on any atom is 0.292 e. The summed E-state index contributed by atoms with van der Waals surface area (Å²) < 4.78 is 2.01. The van der Waals surface area contributed by atoms with E-state index >= 15 is 0 Å². The summed E-state index contributed by atoms with van der Waals surface area (Å²) in [7, 11) is 0. The quantitative estimate of drug-likeness (QED) is 0.638. The Morgan fingerprint density at radius 3 is 2.48 bits per heavy atom. The largest absolute Gasteiger partial charge is 0.366 e. The van der Waals surface area contributed by atoms with Crippen molar-refractivity contribution in [3.8, 4) is 0 Å². The highest BCUT2D eigenvalue weighted by Gasteiger charge is 2.21. The minimum Gasteiger partial charge on any atom is -0.366 e. The lowest BCUT2D eigenvalue weighted by molar-refractivity contribution is -0.384. The number of nitrogens with zero attached hydrogens (tertiary/aromatic N) is 3. The molecule has 1 fully saturated rings. The first-order chi connectivity index (χ1) is 10.2. The molecule has 0 atom stereocenters. The molecular formula is C16H19N3O2. The minimum absolute atomic E-state index is 0.224. The van der Waals surface area contributed by atoms with E-state index in [0.29, 0.717) is 6.54 Å². The second kappa shape index (κ2) is 5.99. The SMILES string of the molecule is O=[N+]([O-])c1cc(Cn2cccc2)ccc1N1CCCCC1. The molecular weight excluding hydrogens is 266 g/mol. The van der Waals surface area contributed by atoms with Gasteiger partial charge in [0.05, 0.1) is 4.92 Å². The van der Waals surface area contributed by atoms with Gasteiger partial charge in [-0.05, 0) is 43.0 Å². The second-order valence-electron chi connectivity index (χ2n) is 5.48. The van der Waals surface area contributed by atoms with Crippen molar-refractivity contribution in [1.82, 2.24) is 4.57 Å². The average molecular weight is 285 g/mol. The normalized spacial score (nSPS) is 15.1. The molecule has 21 heavy (non-hydrogen) atoms. The lowest BCUT2D eigenvalue weighted by Crippen LogP contribution is -2.29. The highest BCUT2D eigenvalue weighted by atomic mass is 16.6. The van der Waals surface area contributed by atoms with Crippen LogP contribution in [-0.4, -0.2) is 22.6 Å². The molecule has 5 heteroatoms. The summed E-state index contributed by atoms with van der Waals surface area (Å²) >= 11 is 0. The molecule has 1 aromatic carbocycles. The molecule has 3 rings (SSSR count). The van der Waals surface area contributed by atoms with Gasteiger partial charge in [0.2, 0.25) is 0 Å². The number of hydrogen-bond acceptors (Lipinski definition) is 3. The molecule has 0 bridgehead atoms. The van der Waals surface area contributed by atoms with E-state index in [-0.39, 0.29) is 10.6 Å². The van der Waals surface area contributed by atoms with Crippen LogP contribution in [0.5, 0.6) is 0 Å². The van der Waals surface area contributed by atoms with Crippen LogP contribution in [0.1, 0.15) is 24.8 Å². The van der Waals surface area contributed by atoms with E-state index < -0.39 is 0 Å². The van der Waals surface area contributed by atoms with E-state index in [9.17, 15) is 10.1 Å². The van der Waals surface area contributed by atoms with Crippen molar-refractivity contribution in [3.05, 3.63) is 58.4 Å². The van der Waals surface area contributed by atoms with Crippen molar-refractivity contribution in [3.63, 3.8) is 0 Å². The van der Waals surface area contributed by atoms with Gasteiger partial charge in [-0.1, -0.05) is 6.07 Å². The van der Waals surface area contributed by atoms with Crippen LogP contribution in [0.3, 0.4) is 0 Å². The maximum atomic E-state index is 11.4. The fourth-order valence-electron chi connectivity index (χ4n) is 2.90. The highest BCUT2D eigenvalue weighted by molar-refractivity contribution is 5.64. The Balaban J connectivity index is 1.88. The highest BCUT2D eigenvalue weighted by Crippen LogP contribution is 2.31. The number of hydrogen-bond donors (Lipinski definition) is 0. The molecule has 0 unspecified atom stereocenters. The minimum atomic E-state index is -0.261. The predicted octanol–water partition coefficient (Wildman–Crippen LogP) is 3.43. The van der Waals surface area contributed by atoms with Crippen molar-refractivity contribution in [2.45, 2.75) is 25.8 Å². The Kier molecular flexibility index (Phi) is 3.90. The van der Waals surface area contributed by atoms with E-state index in [2.05, 4.69) is 4.90 Å². The maximum absolute atomic E-state index is 11.4. The first kappa shape index (κ1) is 13.7. The predicted molar refractivity (Wildman–Crippen MR) is 82.7 cm³/mol. The summed E-state index contributed by atoms with van der Waals surface area (Å²) in [5.41, 5.74) is 1.94. The molecule has 1 saturated heterocycles. The third-order valence-corrected chi connectivity index (χ3v) is 3.96.